The number of hydrogen-bond acceptors (Lipinski definition) is 2. The Morgan fingerprint density at radius 3 is 2.79 bits per heavy atom. The minimum Gasteiger partial charge on any atom is -0.370 e. The topological polar surface area (TPSA) is 26.3 Å². The molecule has 2 aliphatic rings. The Morgan fingerprint density at radius 2 is 2.11 bits per heavy atom. The van der Waals surface area contributed by atoms with Gasteiger partial charge in [-0.15, -0.1) is 0 Å². The van der Waals surface area contributed by atoms with E-state index in [9.17, 15) is 4.79 Å². The molecule has 0 N–H and O–H groups in total. The molecule has 28 heavy (non-hydrogen) atoms. The second-order valence-corrected chi connectivity index (χ2v) is 9.05. The summed E-state index contributed by atoms with van der Waals surface area (Å²) in [7, 11) is 0. The molecule has 2 aromatic carbocycles. The van der Waals surface area contributed by atoms with E-state index >= 15 is 4.39 Å². The number of benzene rings is 2. The fourth-order valence-electron chi connectivity index (χ4n) is 4.13. The standard InChI is InChI=1S/C23H24ClFNO2/c1-5-14-9-15(23(2,3)4)10-19(25)21(14)22(27)26-11-16(26)12-28-13-17-18(24)7-6-8-20(17)26/h5-10,16H,1,11-13H2,2-4H3/q+1. The van der Waals surface area contributed by atoms with E-state index in [0.717, 1.165) is 16.8 Å². The van der Waals surface area contributed by atoms with Crippen LogP contribution in [-0.2, 0) is 16.8 Å². The van der Waals surface area contributed by atoms with E-state index in [2.05, 4.69) is 6.58 Å². The molecule has 0 aliphatic carbocycles. The van der Waals surface area contributed by atoms with Crippen molar-refractivity contribution in [1.82, 2.24) is 4.48 Å². The van der Waals surface area contributed by atoms with Crippen molar-refractivity contribution in [3.8, 4) is 0 Å². The fraction of sp³-hybridized carbons (Fsp3) is 0.348. The zero-order valence-corrected chi connectivity index (χ0v) is 17.1. The predicted octanol–water partition coefficient (Wildman–Crippen LogP) is 5.48. The Labute approximate surface area is 170 Å². The maximum atomic E-state index is 15.2. The van der Waals surface area contributed by atoms with Crippen LogP contribution < -0.4 is 4.48 Å². The Hall–Kier alpha value is -2.01. The normalized spacial score (nSPS) is 23.4. The first kappa shape index (κ1) is 19.3. The van der Waals surface area contributed by atoms with Crippen molar-refractivity contribution >= 4 is 29.3 Å². The van der Waals surface area contributed by atoms with Crippen molar-refractivity contribution in [1.29, 1.82) is 0 Å². The summed E-state index contributed by atoms with van der Waals surface area (Å²) in [5, 5.41) is 0.572. The van der Waals surface area contributed by atoms with Crippen LogP contribution in [0.4, 0.5) is 10.1 Å². The van der Waals surface area contributed by atoms with Gasteiger partial charge in [0.05, 0.1) is 17.2 Å². The molecule has 1 fully saturated rings. The molecule has 0 spiro atoms. The highest BCUT2D eigenvalue weighted by atomic mass is 35.5. The molecule has 2 atom stereocenters. The fourth-order valence-corrected chi connectivity index (χ4v) is 4.35. The number of nitrogens with zero attached hydrogens (tertiary/aromatic N) is 1. The number of quaternary nitrogens is 1. The van der Waals surface area contributed by atoms with E-state index in [0.29, 0.717) is 30.3 Å². The lowest BCUT2D eigenvalue weighted by Crippen LogP contribution is -2.39. The molecule has 0 bridgehead atoms. The molecule has 3 nitrogen and oxygen atoms in total. The summed E-state index contributed by atoms with van der Waals surface area (Å²) in [6.07, 6.45) is 1.57. The van der Waals surface area contributed by atoms with Crippen molar-refractivity contribution in [3.05, 3.63) is 70.0 Å². The highest BCUT2D eigenvalue weighted by molar-refractivity contribution is 6.32. The molecule has 0 radical (unpaired) electrons. The van der Waals surface area contributed by atoms with E-state index in [1.807, 2.05) is 39.0 Å². The van der Waals surface area contributed by atoms with Gasteiger partial charge in [-0.25, -0.2) is 13.7 Å². The first-order valence-electron chi connectivity index (χ1n) is 9.45. The van der Waals surface area contributed by atoms with Crippen LogP contribution in [0.2, 0.25) is 5.02 Å². The quantitative estimate of drug-likeness (QED) is 0.493. The summed E-state index contributed by atoms with van der Waals surface area (Å²) < 4.78 is 21.1. The van der Waals surface area contributed by atoms with Gasteiger partial charge >= 0.3 is 5.91 Å². The number of rotatable bonds is 2. The number of carbonyl (C=O) groups is 1. The van der Waals surface area contributed by atoms with Gasteiger partial charge in [-0.05, 0) is 28.7 Å². The van der Waals surface area contributed by atoms with Crippen LogP contribution in [0, 0.1) is 5.82 Å². The minimum absolute atomic E-state index is 0.0217. The van der Waals surface area contributed by atoms with Crippen molar-refractivity contribution in [3.63, 3.8) is 0 Å². The zero-order chi connectivity index (χ0) is 20.3. The second-order valence-electron chi connectivity index (χ2n) is 8.64. The Balaban J connectivity index is 1.88. The number of amides is 1. The predicted molar refractivity (Wildman–Crippen MR) is 111 cm³/mol. The van der Waals surface area contributed by atoms with E-state index in [1.54, 1.807) is 12.1 Å². The molecular weight excluding hydrogens is 377 g/mol. The van der Waals surface area contributed by atoms with Crippen molar-refractivity contribution in [2.24, 2.45) is 0 Å². The molecular formula is C23H24ClFNO2+. The average Bonchev–Trinajstić information content (AvgIpc) is 3.37. The summed E-state index contributed by atoms with van der Waals surface area (Å²) in [6.45, 7) is 11.3. The van der Waals surface area contributed by atoms with E-state index < -0.39 is 5.82 Å². The largest absolute Gasteiger partial charge is 0.370 e. The first-order valence-corrected chi connectivity index (χ1v) is 9.82. The molecule has 0 aromatic heterocycles. The lowest BCUT2D eigenvalue weighted by Gasteiger charge is -2.23. The number of halogens is 2. The van der Waals surface area contributed by atoms with Gasteiger partial charge in [-0.3, -0.25) is 0 Å². The third-order valence-corrected chi connectivity index (χ3v) is 6.21. The molecule has 1 saturated heterocycles. The molecule has 0 saturated carbocycles. The summed E-state index contributed by atoms with van der Waals surface area (Å²) in [5.74, 6) is -0.758. The van der Waals surface area contributed by atoms with Gasteiger partial charge in [-0.2, -0.15) is 0 Å². The maximum absolute atomic E-state index is 15.2. The second kappa shape index (κ2) is 6.51. The van der Waals surface area contributed by atoms with Gasteiger partial charge < -0.3 is 4.74 Å². The van der Waals surface area contributed by atoms with Gasteiger partial charge in [0.2, 0.25) is 0 Å². The molecule has 2 unspecified atom stereocenters. The third-order valence-electron chi connectivity index (χ3n) is 5.85. The molecule has 5 heteroatoms. The van der Waals surface area contributed by atoms with Crippen LogP contribution in [0.15, 0.2) is 36.9 Å². The first-order chi connectivity index (χ1) is 13.2. The highest BCUT2D eigenvalue weighted by Gasteiger charge is 2.65. The highest BCUT2D eigenvalue weighted by Crippen LogP contribution is 2.47. The van der Waals surface area contributed by atoms with Gasteiger partial charge in [0.15, 0.2) is 6.04 Å². The van der Waals surface area contributed by atoms with Gasteiger partial charge in [-0.1, -0.05) is 57.2 Å². The number of hydrogen-bond donors (Lipinski definition) is 0. The molecule has 146 valence electrons. The van der Waals surface area contributed by atoms with Crippen molar-refractivity contribution in [2.45, 2.75) is 38.8 Å². The number of ether oxygens (including phenoxy) is 1. The lowest BCUT2D eigenvalue weighted by atomic mass is 9.84. The van der Waals surface area contributed by atoms with E-state index in [4.69, 9.17) is 16.3 Å². The van der Waals surface area contributed by atoms with Crippen LogP contribution in [-0.4, -0.2) is 25.1 Å². The van der Waals surface area contributed by atoms with E-state index in [1.165, 1.54) is 6.07 Å². The SMILES string of the molecule is C=Cc1cc(C(C)(C)C)cc(F)c1C(=O)[N+]12CC1COCc1c(Cl)cccc12. The molecule has 4 rings (SSSR count). The summed E-state index contributed by atoms with van der Waals surface area (Å²) in [6, 6.07) is 8.86. The van der Waals surface area contributed by atoms with Gasteiger partial charge in [0.25, 0.3) is 0 Å². The minimum atomic E-state index is -0.501. The van der Waals surface area contributed by atoms with Gasteiger partial charge in [0.1, 0.15) is 30.2 Å². The summed E-state index contributed by atoms with van der Waals surface area (Å²) in [5.41, 5.74) is 2.85. The van der Waals surface area contributed by atoms with Crippen LogP contribution >= 0.6 is 11.6 Å². The summed E-state index contributed by atoms with van der Waals surface area (Å²) in [4.78, 5) is 13.7. The monoisotopic (exact) mass is 400 g/mol. The zero-order valence-electron chi connectivity index (χ0n) is 16.4. The van der Waals surface area contributed by atoms with Crippen LogP contribution in [0.25, 0.3) is 6.08 Å². The molecule has 2 aliphatic heterocycles. The average molecular weight is 401 g/mol. The maximum Gasteiger partial charge on any atom is 0.355 e. The Morgan fingerprint density at radius 1 is 1.36 bits per heavy atom. The lowest BCUT2D eigenvalue weighted by molar-refractivity contribution is 0.0844. The number of fused-ring (bicyclic) bond motifs is 3. The smallest absolute Gasteiger partial charge is 0.355 e. The Kier molecular flexibility index (Phi) is 4.49. The van der Waals surface area contributed by atoms with Gasteiger partial charge in [0, 0.05) is 6.07 Å². The third kappa shape index (κ3) is 2.83. The Bertz CT molecular complexity index is 995. The van der Waals surface area contributed by atoms with Crippen LogP contribution in [0.5, 0.6) is 0 Å². The van der Waals surface area contributed by atoms with Crippen LogP contribution in [0.3, 0.4) is 0 Å². The van der Waals surface area contributed by atoms with Crippen LogP contribution in [0.1, 0.15) is 47.8 Å². The molecule has 2 heterocycles. The van der Waals surface area contributed by atoms with Crippen molar-refractivity contribution in [2.75, 3.05) is 13.2 Å². The number of carbonyl (C=O) groups excluding carboxylic acids is 1. The summed E-state index contributed by atoms with van der Waals surface area (Å²) >= 11 is 6.38. The molecule has 1 amide bonds. The van der Waals surface area contributed by atoms with E-state index in [-0.39, 0.29) is 27.4 Å². The van der Waals surface area contributed by atoms with Crippen molar-refractivity contribution < 1.29 is 13.9 Å². The molecule has 2 aromatic rings.